The van der Waals surface area contributed by atoms with Crippen LogP contribution < -0.4 is 4.74 Å². The lowest BCUT2D eigenvalue weighted by atomic mass is 10.2. The molecule has 4 heteroatoms. The van der Waals surface area contributed by atoms with E-state index in [0.717, 1.165) is 12.8 Å². The van der Waals surface area contributed by atoms with Crippen molar-refractivity contribution in [1.82, 2.24) is 0 Å². The fourth-order valence-electron chi connectivity index (χ4n) is 1.48. The SMILES string of the molecule is CCCCCCOc1ccc(Br)c(C(=O)O)c1. The first-order valence-electron chi connectivity index (χ1n) is 5.80. The highest BCUT2D eigenvalue weighted by atomic mass is 79.9. The van der Waals surface area contributed by atoms with Crippen LogP contribution in [0.1, 0.15) is 43.0 Å². The minimum absolute atomic E-state index is 0.232. The summed E-state index contributed by atoms with van der Waals surface area (Å²) in [5.41, 5.74) is 0.232. The van der Waals surface area contributed by atoms with Gasteiger partial charge in [-0.15, -0.1) is 0 Å². The van der Waals surface area contributed by atoms with Gasteiger partial charge < -0.3 is 9.84 Å². The van der Waals surface area contributed by atoms with Crippen molar-refractivity contribution in [3.63, 3.8) is 0 Å². The third-order valence-electron chi connectivity index (χ3n) is 2.43. The van der Waals surface area contributed by atoms with Crippen LogP contribution in [0.4, 0.5) is 0 Å². The Hall–Kier alpha value is -1.03. The molecule has 1 aromatic rings. The molecule has 1 aromatic carbocycles. The Balaban J connectivity index is 2.49. The average Bonchev–Trinajstić information content (AvgIpc) is 2.30. The van der Waals surface area contributed by atoms with E-state index >= 15 is 0 Å². The Morgan fingerprint density at radius 2 is 2.12 bits per heavy atom. The van der Waals surface area contributed by atoms with Gasteiger partial charge in [0, 0.05) is 4.47 Å². The summed E-state index contributed by atoms with van der Waals surface area (Å²) in [6, 6.07) is 5.02. The van der Waals surface area contributed by atoms with Crippen LogP contribution in [0.25, 0.3) is 0 Å². The lowest BCUT2D eigenvalue weighted by Gasteiger charge is -2.07. The van der Waals surface area contributed by atoms with E-state index in [9.17, 15) is 4.79 Å². The van der Waals surface area contributed by atoms with E-state index < -0.39 is 5.97 Å². The minimum atomic E-state index is -0.951. The summed E-state index contributed by atoms with van der Waals surface area (Å²) in [5.74, 6) is -0.338. The highest BCUT2D eigenvalue weighted by Gasteiger charge is 2.09. The van der Waals surface area contributed by atoms with Crippen molar-refractivity contribution < 1.29 is 14.6 Å². The molecule has 0 saturated heterocycles. The Kier molecular flexibility index (Phi) is 6.05. The molecular weight excluding hydrogens is 284 g/mol. The molecule has 0 atom stereocenters. The normalized spacial score (nSPS) is 10.2. The topological polar surface area (TPSA) is 46.5 Å². The maximum atomic E-state index is 10.9. The van der Waals surface area contributed by atoms with Crippen LogP contribution in [0, 0.1) is 0 Å². The van der Waals surface area contributed by atoms with Gasteiger partial charge in [-0.3, -0.25) is 0 Å². The molecule has 1 N–H and O–H groups in total. The number of carbonyl (C=O) groups is 1. The molecule has 1 rings (SSSR count). The first kappa shape index (κ1) is 14.0. The number of halogens is 1. The van der Waals surface area contributed by atoms with E-state index in [2.05, 4.69) is 22.9 Å². The van der Waals surface area contributed by atoms with Gasteiger partial charge in [0.2, 0.25) is 0 Å². The monoisotopic (exact) mass is 300 g/mol. The minimum Gasteiger partial charge on any atom is -0.494 e. The molecule has 0 aliphatic rings. The molecule has 17 heavy (non-hydrogen) atoms. The first-order valence-corrected chi connectivity index (χ1v) is 6.60. The molecule has 0 aliphatic carbocycles. The fourth-order valence-corrected chi connectivity index (χ4v) is 1.89. The second kappa shape index (κ2) is 7.33. The number of unbranched alkanes of at least 4 members (excludes halogenated alkanes) is 3. The van der Waals surface area contributed by atoms with Crippen LogP contribution in [-0.4, -0.2) is 17.7 Å². The number of benzene rings is 1. The van der Waals surface area contributed by atoms with Gasteiger partial charge in [0.05, 0.1) is 12.2 Å². The Bertz CT molecular complexity index is 377. The third kappa shape index (κ3) is 4.77. The van der Waals surface area contributed by atoms with Crippen molar-refractivity contribution in [2.75, 3.05) is 6.61 Å². The van der Waals surface area contributed by atoms with Crippen LogP contribution in [0.3, 0.4) is 0 Å². The molecule has 0 heterocycles. The Morgan fingerprint density at radius 1 is 1.35 bits per heavy atom. The highest BCUT2D eigenvalue weighted by Crippen LogP contribution is 2.22. The third-order valence-corrected chi connectivity index (χ3v) is 3.13. The zero-order chi connectivity index (χ0) is 12.7. The van der Waals surface area contributed by atoms with Crippen molar-refractivity contribution >= 4 is 21.9 Å². The van der Waals surface area contributed by atoms with Crippen LogP contribution in [-0.2, 0) is 0 Å². The van der Waals surface area contributed by atoms with E-state index in [1.807, 2.05) is 0 Å². The smallest absolute Gasteiger partial charge is 0.336 e. The quantitative estimate of drug-likeness (QED) is 0.771. The summed E-state index contributed by atoms with van der Waals surface area (Å²) in [6.07, 6.45) is 4.57. The molecule has 0 aromatic heterocycles. The van der Waals surface area contributed by atoms with Crippen molar-refractivity contribution in [2.24, 2.45) is 0 Å². The second-order valence-corrected chi connectivity index (χ2v) is 4.71. The van der Waals surface area contributed by atoms with Crippen molar-refractivity contribution in [1.29, 1.82) is 0 Å². The van der Waals surface area contributed by atoms with E-state index in [-0.39, 0.29) is 5.56 Å². The van der Waals surface area contributed by atoms with Gasteiger partial charge >= 0.3 is 5.97 Å². The van der Waals surface area contributed by atoms with Crippen LogP contribution in [0.2, 0.25) is 0 Å². The molecule has 94 valence electrons. The number of hydrogen-bond acceptors (Lipinski definition) is 2. The summed E-state index contributed by atoms with van der Waals surface area (Å²) in [7, 11) is 0. The molecule has 3 nitrogen and oxygen atoms in total. The second-order valence-electron chi connectivity index (χ2n) is 3.86. The van der Waals surface area contributed by atoms with Gasteiger partial charge in [0.15, 0.2) is 0 Å². The predicted octanol–water partition coefficient (Wildman–Crippen LogP) is 4.11. The van der Waals surface area contributed by atoms with E-state index in [1.54, 1.807) is 18.2 Å². The number of aromatic carboxylic acids is 1. The summed E-state index contributed by atoms with van der Waals surface area (Å²) < 4.78 is 6.09. The number of rotatable bonds is 7. The predicted molar refractivity (Wildman–Crippen MR) is 70.7 cm³/mol. The van der Waals surface area contributed by atoms with Gasteiger partial charge in [0.1, 0.15) is 5.75 Å². The molecule has 0 amide bonds. The summed E-state index contributed by atoms with van der Waals surface area (Å²) >= 11 is 3.20. The average molecular weight is 301 g/mol. The van der Waals surface area contributed by atoms with E-state index in [1.165, 1.54) is 12.8 Å². The molecular formula is C13H17BrO3. The zero-order valence-electron chi connectivity index (χ0n) is 9.91. The fraction of sp³-hybridized carbons (Fsp3) is 0.462. The lowest BCUT2D eigenvalue weighted by molar-refractivity contribution is 0.0695. The maximum Gasteiger partial charge on any atom is 0.336 e. The molecule has 0 saturated carbocycles. The first-order chi connectivity index (χ1) is 8.15. The largest absolute Gasteiger partial charge is 0.494 e. The summed E-state index contributed by atoms with van der Waals surface area (Å²) in [4.78, 5) is 10.9. The Labute approximate surface area is 110 Å². The van der Waals surface area contributed by atoms with Gasteiger partial charge in [-0.2, -0.15) is 0 Å². The van der Waals surface area contributed by atoms with Gasteiger partial charge in [0.25, 0.3) is 0 Å². The van der Waals surface area contributed by atoms with Crippen molar-refractivity contribution in [3.8, 4) is 5.75 Å². The summed E-state index contributed by atoms with van der Waals surface area (Å²) in [5, 5.41) is 8.95. The molecule has 0 unspecified atom stereocenters. The number of carboxylic acids is 1. The lowest BCUT2D eigenvalue weighted by Crippen LogP contribution is -2.01. The van der Waals surface area contributed by atoms with Gasteiger partial charge in [-0.1, -0.05) is 26.2 Å². The number of ether oxygens (including phenoxy) is 1. The van der Waals surface area contributed by atoms with Gasteiger partial charge in [-0.05, 0) is 40.5 Å². The Morgan fingerprint density at radius 3 is 2.76 bits per heavy atom. The molecule has 0 radical (unpaired) electrons. The van der Waals surface area contributed by atoms with Crippen molar-refractivity contribution in [3.05, 3.63) is 28.2 Å². The molecule has 0 aliphatic heterocycles. The van der Waals surface area contributed by atoms with Crippen LogP contribution >= 0.6 is 15.9 Å². The highest BCUT2D eigenvalue weighted by molar-refractivity contribution is 9.10. The molecule has 0 spiro atoms. The van der Waals surface area contributed by atoms with Gasteiger partial charge in [-0.25, -0.2) is 4.79 Å². The maximum absolute atomic E-state index is 10.9. The molecule has 0 fully saturated rings. The number of carboxylic acid groups (broad SMARTS) is 1. The summed E-state index contributed by atoms with van der Waals surface area (Å²) in [6.45, 7) is 2.80. The standard InChI is InChI=1S/C13H17BrO3/c1-2-3-4-5-8-17-10-6-7-12(14)11(9-10)13(15)16/h6-7,9H,2-5,8H2,1H3,(H,15,16). The van der Waals surface area contributed by atoms with Crippen molar-refractivity contribution in [2.45, 2.75) is 32.6 Å². The number of hydrogen-bond donors (Lipinski definition) is 1. The molecule has 0 bridgehead atoms. The zero-order valence-corrected chi connectivity index (χ0v) is 11.5. The van der Waals surface area contributed by atoms with E-state index in [4.69, 9.17) is 9.84 Å². The van der Waals surface area contributed by atoms with Crippen LogP contribution in [0.5, 0.6) is 5.75 Å². The van der Waals surface area contributed by atoms with Crippen LogP contribution in [0.15, 0.2) is 22.7 Å². The van der Waals surface area contributed by atoms with E-state index in [0.29, 0.717) is 16.8 Å².